The van der Waals surface area contributed by atoms with Crippen LogP contribution in [-0.2, 0) is 17.8 Å². The van der Waals surface area contributed by atoms with Crippen molar-refractivity contribution in [2.45, 2.75) is 26.4 Å². The van der Waals surface area contributed by atoms with Crippen LogP contribution in [0.1, 0.15) is 35.6 Å². The molecular formula is C22H23N3O3. The van der Waals surface area contributed by atoms with Crippen LogP contribution in [0.3, 0.4) is 0 Å². The molecule has 0 saturated heterocycles. The van der Waals surface area contributed by atoms with Crippen molar-refractivity contribution in [1.29, 1.82) is 5.26 Å². The van der Waals surface area contributed by atoms with Crippen LogP contribution in [-0.4, -0.2) is 24.6 Å². The van der Waals surface area contributed by atoms with E-state index in [0.717, 1.165) is 42.7 Å². The third kappa shape index (κ3) is 4.76. The molecule has 2 aromatic rings. The SMILES string of the molecule is C/C(=C\c1cc(C#N)c2c(c1)CCN2CCCOCc1ccccc1)[N+](=O)[O-]. The molecule has 0 atom stereocenters. The van der Waals surface area contributed by atoms with Crippen LogP contribution in [0.5, 0.6) is 0 Å². The van der Waals surface area contributed by atoms with Gasteiger partial charge in [0.1, 0.15) is 6.07 Å². The summed E-state index contributed by atoms with van der Waals surface area (Å²) in [5.74, 6) is 0. The van der Waals surface area contributed by atoms with Crippen LogP contribution >= 0.6 is 0 Å². The van der Waals surface area contributed by atoms with E-state index in [1.807, 2.05) is 36.4 Å². The highest BCUT2D eigenvalue weighted by atomic mass is 16.6. The monoisotopic (exact) mass is 377 g/mol. The first-order chi connectivity index (χ1) is 13.6. The van der Waals surface area contributed by atoms with E-state index in [1.54, 1.807) is 6.07 Å². The van der Waals surface area contributed by atoms with Gasteiger partial charge in [0, 0.05) is 32.7 Å². The normalized spacial score (nSPS) is 13.3. The number of nitrogens with zero attached hydrogens (tertiary/aromatic N) is 3. The van der Waals surface area contributed by atoms with Crippen molar-refractivity contribution in [2.24, 2.45) is 0 Å². The van der Waals surface area contributed by atoms with Crippen molar-refractivity contribution in [3.63, 3.8) is 0 Å². The maximum Gasteiger partial charge on any atom is 0.243 e. The van der Waals surface area contributed by atoms with Crippen molar-refractivity contribution in [3.05, 3.63) is 80.5 Å². The van der Waals surface area contributed by atoms with Crippen LogP contribution in [0.4, 0.5) is 5.69 Å². The highest BCUT2D eigenvalue weighted by molar-refractivity contribution is 5.71. The first-order valence-corrected chi connectivity index (χ1v) is 9.35. The fourth-order valence-electron chi connectivity index (χ4n) is 3.46. The van der Waals surface area contributed by atoms with Crippen LogP contribution < -0.4 is 4.90 Å². The van der Waals surface area contributed by atoms with Gasteiger partial charge in [-0.15, -0.1) is 0 Å². The number of allylic oxidation sites excluding steroid dienone is 1. The predicted molar refractivity (Wildman–Crippen MR) is 108 cm³/mol. The van der Waals surface area contributed by atoms with E-state index in [0.29, 0.717) is 24.3 Å². The molecule has 0 N–H and O–H groups in total. The molecular weight excluding hydrogens is 354 g/mol. The second kappa shape index (κ2) is 9.16. The molecule has 0 amide bonds. The van der Waals surface area contributed by atoms with E-state index in [2.05, 4.69) is 11.0 Å². The first-order valence-electron chi connectivity index (χ1n) is 9.35. The Hall–Kier alpha value is -3.17. The predicted octanol–water partition coefficient (Wildman–Crippen LogP) is 4.17. The van der Waals surface area contributed by atoms with Gasteiger partial charge in [-0.1, -0.05) is 30.3 Å². The molecule has 28 heavy (non-hydrogen) atoms. The zero-order chi connectivity index (χ0) is 19.9. The molecule has 1 heterocycles. The molecule has 0 radical (unpaired) electrons. The third-order valence-electron chi connectivity index (χ3n) is 4.79. The highest BCUT2D eigenvalue weighted by Gasteiger charge is 2.23. The molecule has 0 fully saturated rings. The Kier molecular flexibility index (Phi) is 6.41. The maximum atomic E-state index is 10.9. The van der Waals surface area contributed by atoms with E-state index in [9.17, 15) is 15.4 Å². The number of nitriles is 1. The average Bonchev–Trinajstić information content (AvgIpc) is 3.10. The molecule has 1 aliphatic heterocycles. The summed E-state index contributed by atoms with van der Waals surface area (Å²) in [6.07, 6.45) is 3.23. The summed E-state index contributed by atoms with van der Waals surface area (Å²) in [4.78, 5) is 12.7. The summed E-state index contributed by atoms with van der Waals surface area (Å²) >= 11 is 0. The average molecular weight is 377 g/mol. The van der Waals surface area contributed by atoms with Gasteiger partial charge in [0.25, 0.3) is 0 Å². The van der Waals surface area contributed by atoms with Gasteiger partial charge in [-0.2, -0.15) is 5.26 Å². The lowest BCUT2D eigenvalue weighted by Crippen LogP contribution is -2.23. The van der Waals surface area contributed by atoms with Crippen molar-refractivity contribution in [3.8, 4) is 6.07 Å². The second-order valence-electron chi connectivity index (χ2n) is 6.86. The molecule has 0 saturated carbocycles. The van der Waals surface area contributed by atoms with E-state index in [4.69, 9.17) is 4.74 Å². The zero-order valence-electron chi connectivity index (χ0n) is 15.9. The molecule has 0 spiro atoms. The van der Waals surface area contributed by atoms with Crippen LogP contribution in [0.2, 0.25) is 0 Å². The van der Waals surface area contributed by atoms with Crippen molar-refractivity contribution in [2.75, 3.05) is 24.6 Å². The summed E-state index contributed by atoms with van der Waals surface area (Å²) < 4.78 is 5.75. The minimum Gasteiger partial charge on any atom is -0.377 e. The Balaban J connectivity index is 1.61. The quantitative estimate of drug-likeness (QED) is 0.392. The number of rotatable bonds is 8. The first kappa shape index (κ1) is 19.6. The Morgan fingerprint density at radius 1 is 1.36 bits per heavy atom. The second-order valence-corrected chi connectivity index (χ2v) is 6.86. The molecule has 144 valence electrons. The van der Waals surface area contributed by atoms with Gasteiger partial charge in [-0.25, -0.2) is 0 Å². The standard InChI is InChI=1S/C22H23N3O3/c1-17(25(26)27)12-19-13-20-8-10-24(22(20)21(14-19)15-23)9-5-11-28-16-18-6-3-2-4-7-18/h2-4,6-7,12-14H,5,8-11,16H2,1H3/b17-12+. The van der Waals surface area contributed by atoms with Gasteiger partial charge in [-0.05, 0) is 41.7 Å². The minimum atomic E-state index is -0.416. The largest absolute Gasteiger partial charge is 0.377 e. The van der Waals surface area contributed by atoms with Gasteiger partial charge < -0.3 is 9.64 Å². The Morgan fingerprint density at radius 3 is 2.86 bits per heavy atom. The van der Waals surface area contributed by atoms with Gasteiger partial charge in [-0.3, -0.25) is 10.1 Å². The van der Waals surface area contributed by atoms with E-state index in [-0.39, 0.29) is 5.70 Å². The fraction of sp³-hybridized carbons (Fsp3) is 0.318. The summed E-state index contributed by atoms with van der Waals surface area (Å²) in [7, 11) is 0. The van der Waals surface area contributed by atoms with Crippen molar-refractivity contribution < 1.29 is 9.66 Å². The number of ether oxygens (including phenoxy) is 1. The number of nitro groups is 1. The van der Waals surface area contributed by atoms with E-state index >= 15 is 0 Å². The number of benzene rings is 2. The summed E-state index contributed by atoms with van der Waals surface area (Å²) in [5.41, 5.74) is 4.54. The lowest BCUT2D eigenvalue weighted by Gasteiger charge is -2.20. The number of anilines is 1. The van der Waals surface area contributed by atoms with Crippen molar-refractivity contribution in [1.82, 2.24) is 0 Å². The summed E-state index contributed by atoms with van der Waals surface area (Å²) in [5, 5.41) is 20.4. The minimum absolute atomic E-state index is 0.0641. The van der Waals surface area contributed by atoms with Gasteiger partial charge in [0.2, 0.25) is 5.70 Å². The third-order valence-corrected chi connectivity index (χ3v) is 4.79. The molecule has 6 nitrogen and oxygen atoms in total. The van der Waals surface area contributed by atoms with Crippen LogP contribution in [0, 0.1) is 21.4 Å². The molecule has 6 heteroatoms. The molecule has 0 aliphatic carbocycles. The highest BCUT2D eigenvalue weighted by Crippen LogP contribution is 2.33. The molecule has 0 aromatic heterocycles. The lowest BCUT2D eigenvalue weighted by molar-refractivity contribution is -0.422. The Morgan fingerprint density at radius 2 is 2.14 bits per heavy atom. The zero-order valence-corrected chi connectivity index (χ0v) is 15.9. The summed E-state index contributed by atoms with van der Waals surface area (Å²) in [6.45, 7) is 4.39. The smallest absolute Gasteiger partial charge is 0.243 e. The van der Waals surface area contributed by atoms with E-state index in [1.165, 1.54) is 13.0 Å². The van der Waals surface area contributed by atoms with Gasteiger partial charge in [0.15, 0.2) is 0 Å². The Labute approximate surface area is 164 Å². The van der Waals surface area contributed by atoms with Gasteiger partial charge in [0.05, 0.1) is 22.8 Å². The number of hydrogen-bond acceptors (Lipinski definition) is 5. The maximum absolute atomic E-state index is 10.9. The topological polar surface area (TPSA) is 79.4 Å². The number of hydrogen-bond donors (Lipinski definition) is 0. The molecule has 0 bridgehead atoms. The molecule has 3 rings (SSSR count). The number of fused-ring (bicyclic) bond motifs is 1. The summed E-state index contributed by atoms with van der Waals surface area (Å²) in [6, 6.07) is 16.0. The van der Waals surface area contributed by atoms with Crippen LogP contribution in [0.15, 0.2) is 48.2 Å². The van der Waals surface area contributed by atoms with Gasteiger partial charge >= 0.3 is 0 Å². The fourth-order valence-corrected chi connectivity index (χ4v) is 3.46. The molecule has 1 aliphatic rings. The van der Waals surface area contributed by atoms with Crippen LogP contribution in [0.25, 0.3) is 6.08 Å². The molecule has 0 unspecified atom stereocenters. The Bertz CT molecular complexity index is 917. The molecule has 2 aromatic carbocycles. The lowest BCUT2D eigenvalue weighted by atomic mass is 10.0. The van der Waals surface area contributed by atoms with E-state index < -0.39 is 4.92 Å². The van der Waals surface area contributed by atoms with Crippen molar-refractivity contribution >= 4 is 11.8 Å².